The number of aryl methyl sites for hydroxylation is 2. The molecule has 0 radical (unpaired) electrons. The topological polar surface area (TPSA) is 35.2 Å². The summed E-state index contributed by atoms with van der Waals surface area (Å²) in [5.41, 5.74) is 8.87. The molecule has 1 aromatic carbocycles. The second kappa shape index (κ2) is 5.35. The number of hydrogen-bond donors (Lipinski definition) is 1. The molecular formula is C14H21NO. The van der Waals surface area contributed by atoms with Crippen molar-refractivity contribution in [3.63, 3.8) is 0 Å². The van der Waals surface area contributed by atoms with Gasteiger partial charge in [-0.15, -0.1) is 0 Å². The minimum absolute atomic E-state index is 0.165. The molecule has 1 aliphatic carbocycles. The summed E-state index contributed by atoms with van der Waals surface area (Å²) in [5, 5.41) is 0. The highest BCUT2D eigenvalue weighted by Gasteiger charge is 2.11. The zero-order valence-electron chi connectivity index (χ0n) is 10.0. The standard InChI is InChI=1S/C14H21NO/c1-2-4-13(15)10-16-14-8-7-11-5-3-6-12(11)9-14/h7-9,13H,2-6,10,15H2,1H3. The van der Waals surface area contributed by atoms with Gasteiger partial charge in [-0.1, -0.05) is 19.4 Å². The third-order valence-electron chi connectivity index (χ3n) is 3.19. The molecule has 0 bridgehead atoms. The molecular weight excluding hydrogens is 198 g/mol. The second-order valence-corrected chi connectivity index (χ2v) is 4.64. The van der Waals surface area contributed by atoms with Crippen molar-refractivity contribution >= 4 is 0 Å². The van der Waals surface area contributed by atoms with Gasteiger partial charge in [-0.25, -0.2) is 0 Å². The molecule has 1 aliphatic rings. The maximum absolute atomic E-state index is 5.92. The summed E-state index contributed by atoms with van der Waals surface area (Å²) in [4.78, 5) is 0. The van der Waals surface area contributed by atoms with Crippen molar-refractivity contribution in [3.05, 3.63) is 29.3 Å². The minimum atomic E-state index is 0.165. The van der Waals surface area contributed by atoms with E-state index in [1.165, 1.54) is 30.4 Å². The van der Waals surface area contributed by atoms with Crippen molar-refractivity contribution in [2.24, 2.45) is 5.73 Å². The number of ether oxygens (including phenoxy) is 1. The average Bonchev–Trinajstić information content (AvgIpc) is 2.74. The zero-order chi connectivity index (χ0) is 11.4. The highest BCUT2D eigenvalue weighted by atomic mass is 16.5. The highest BCUT2D eigenvalue weighted by molar-refractivity contribution is 5.38. The Morgan fingerprint density at radius 1 is 1.31 bits per heavy atom. The number of benzene rings is 1. The Morgan fingerprint density at radius 2 is 2.12 bits per heavy atom. The lowest BCUT2D eigenvalue weighted by molar-refractivity contribution is 0.281. The largest absolute Gasteiger partial charge is 0.492 e. The van der Waals surface area contributed by atoms with Gasteiger partial charge < -0.3 is 10.5 Å². The van der Waals surface area contributed by atoms with Crippen molar-refractivity contribution in [3.8, 4) is 5.75 Å². The van der Waals surface area contributed by atoms with E-state index in [1.54, 1.807) is 0 Å². The van der Waals surface area contributed by atoms with Gasteiger partial charge in [-0.05, 0) is 48.9 Å². The first-order valence-electron chi connectivity index (χ1n) is 6.29. The first-order valence-corrected chi connectivity index (χ1v) is 6.29. The Bertz CT molecular complexity index is 349. The summed E-state index contributed by atoms with van der Waals surface area (Å²) < 4.78 is 5.72. The lowest BCUT2D eigenvalue weighted by Gasteiger charge is -2.13. The predicted molar refractivity (Wildman–Crippen MR) is 66.8 cm³/mol. The van der Waals surface area contributed by atoms with Crippen molar-refractivity contribution < 1.29 is 4.74 Å². The Labute approximate surface area is 97.8 Å². The van der Waals surface area contributed by atoms with Crippen LogP contribution in [0, 0.1) is 0 Å². The Kier molecular flexibility index (Phi) is 3.83. The van der Waals surface area contributed by atoms with Crippen molar-refractivity contribution in [2.45, 2.75) is 45.1 Å². The molecule has 1 unspecified atom stereocenters. The van der Waals surface area contributed by atoms with Crippen LogP contribution in [-0.4, -0.2) is 12.6 Å². The van der Waals surface area contributed by atoms with Crippen LogP contribution in [0.15, 0.2) is 18.2 Å². The molecule has 0 saturated heterocycles. The van der Waals surface area contributed by atoms with Gasteiger partial charge in [0.1, 0.15) is 12.4 Å². The fourth-order valence-electron chi connectivity index (χ4n) is 2.30. The molecule has 2 N–H and O–H groups in total. The van der Waals surface area contributed by atoms with Crippen LogP contribution in [0.4, 0.5) is 0 Å². The maximum atomic E-state index is 5.92. The number of nitrogens with two attached hydrogens (primary N) is 1. The third-order valence-corrected chi connectivity index (χ3v) is 3.19. The normalized spacial score (nSPS) is 15.9. The van der Waals surface area contributed by atoms with E-state index in [1.807, 2.05) is 0 Å². The van der Waals surface area contributed by atoms with E-state index in [9.17, 15) is 0 Å². The molecule has 16 heavy (non-hydrogen) atoms. The summed E-state index contributed by atoms with van der Waals surface area (Å²) in [6.07, 6.45) is 5.87. The quantitative estimate of drug-likeness (QED) is 0.826. The lowest BCUT2D eigenvalue weighted by atomic mass is 10.1. The van der Waals surface area contributed by atoms with E-state index in [0.717, 1.165) is 18.6 Å². The van der Waals surface area contributed by atoms with E-state index in [-0.39, 0.29) is 6.04 Å². The molecule has 88 valence electrons. The summed E-state index contributed by atoms with van der Waals surface area (Å²) >= 11 is 0. The maximum Gasteiger partial charge on any atom is 0.119 e. The van der Waals surface area contributed by atoms with Crippen LogP contribution < -0.4 is 10.5 Å². The van der Waals surface area contributed by atoms with Gasteiger partial charge in [0.25, 0.3) is 0 Å². The van der Waals surface area contributed by atoms with Crippen LogP contribution in [0.2, 0.25) is 0 Å². The second-order valence-electron chi connectivity index (χ2n) is 4.64. The van der Waals surface area contributed by atoms with Crippen LogP contribution in [0.25, 0.3) is 0 Å². The highest BCUT2D eigenvalue weighted by Crippen LogP contribution is 2.26. The molecule has 0 heterocycles. The van der Waals surface area contributed by atoms with E-state index in [0.29, 0.717) is 6.61 Å². The molecule has 0 aliphatic heterocycles. The van der Waals surface area contributed by atoms with E-state index < -0.39 is 0 Å². The molecule has 0 spiro atoms. The van der Waals surface area contributed by atoms with Gasteiger partial charge in [-0.3, -0.25) is 0 Å². The van der Waals surface area contributed by atoms with E-state index in [4.69, 9.17) is 10.5 Å². The fourth-order valence-corrected chi connectivity index (χ4v) is 2.30. The Hall–Kier alpha value is -1.02. The average molecular weight is 219 g/mol. The summed E-state index contributed by atoms with van der Waals surface area (Å²) in [7, 11) is 0. The van der Waals surface area contributed by atoms with Crippen molar-refractivity contribution in [1.29, 1.82) is 0 Å². The predicted octanol–water partition coefficient (Wildman–Crippen LogP) is 2.68. The van der Waals surface area contributed by atoms with E-state index in [2.05, 4.69) is 25.1 Å². The van der Waals surface area contributed by atoms with E-state index >= 15 is 0 Å². The monoisotopic (exact) mass is 219 g/mol. The Balaban J connectivity index is 1.90. The van der Waals surface area contributed by atoms with Crippen LogP contribution in [0.5, 0.6) is 5.75 Å². The molecule has 1 atom stereocenters. The van der Waals surface area contributed by atoms with Gasteiger partial charge in [0.05, 0.1) is 0 Å². The SMILES string of the molecule is CCCC(N)COc1ccc2c(c1)CCC2. The number of rotatable bonds is 5. The molecule has 0 aromatic heterocycles. The van der Waals surface area contributed by atoms with Crippen molar-refractivity contribution in [1.82, 2.24) is 0 Å². The minimum Gasteiger partial charge on any atom is -0.492 e. The summed E-state index contributed by atoms with van der Waals surface area (Å²) in [5.74, 6) is 0.979. The summed E-state index contributed by atoms with van der Waals surface area (Å²) in [6, 6.07) is 6.62. The lowest BCUT2D eigenvalue weighted by Crippen LogP contribution is -2.27. The molecule has 2 rings (SSSR count). The van der Waals surface area contributed by atoms with Crippen LogP contribution in [-0.2, 0) is 12.8 Å². The fraction of sp³-hybridized carbons (Fsp3) is 0.571. The van der Waals surface area contributed by atoms with Crippen LogP contribution in [0.1, 0.15) is 37.3 Å². The van der Waals surface area contributed by atoms with Gasteiger partial charge in [0, 0.05) is 6.04 Å². The number of hydrogen-bond acceptors (Lipinski definition) is 2. The van der Waals surface area contributed by atoms with Crippen molar-refractivity contribution in [2.75, 3.05) is 6.61 Å². The van der Waals surface area contributed by atoms with Gasteiger partial charge in [0.2, 0.25) is 0 Å². The van der Waals surface area contributed by atoms with Gasteiger partial charge in [0.15, 0.2) is 0 Å². The first kappa shape index (κ1) is 11.5. The number of fused-ring (bicyclic) bond motifs is 1. The molecule has 0 amide bonds. The third kappa shape index (κ3) is 2.76. The molecule has 1 aromatic rings. The smallest absolute Gasteiger partial charge is 0.119 e. The summed E-state index contributed by atoms with van der Waals surface area (Å²) in [6.45, 7) is 2.78. The Morgan fingerprint density at radius 3 is 2.94 bits per heavy atom. The van der Waals surface area contributed by atoms with Crippen LogP contribution >= 0.6 is 0 Å². The molecule has 0 fully saturated rings. The first-order chi connectivity index (χ1) is 7.79. The molecule has 0 saturated carbocycles. The molecule has 2 nitrogen and oxygen atoms in total. The molecule has 2 heteroatoms. The zero-order valence-corrected chi connectivity index (χ0v) is 10.0. The van der Waals surface area contributed by atoms with Crippen LogP contribution in [0.3, 0.4) is 0 Å². The van der Waals surface area contributed by atoms with Gasteiger partial charge >= 0.3 is 0 Å². The van der Waals surface area contributed by atoms with Gasteiger partial charge in [-0.2, -0.15) is 0 Å².